The maximum atomic E-state index is 13.0. The molecule has 0 N–H and O–H groups in total. The van der Waals surface area contributed by atoms with Gasteiger partial charge in [-0.3, -0.25) is 4.79 Å². The lowest BCUT2D eigenvalue weighted by molar-refractivity contribution is -0.115. The number of unbranched alkanes of at least 4 members (excludes halogenated alkanes) is 1. The summed E-state index contributed by atoms with van der Waals surface area (Å²) in [7, 11) is -4.02. The summed E-state index contributed by atoms with van der Waals surface area (Å²) < 4.78 is 35.9. The van der Waals surface area contributed by atoms with E-state index in [0.29, 0.717) is 22.9 Å². The summed E-state index contributed by atoms with van der Waals surface area (Å²) in [5.74, 6) is -0.170. The molecule has 7 heteroatoms. The van der Waals surface area contributed by atoms with E-state index in [2.05, 4.69) is 20.3 Å². The molecule has 2 rings (SSSR count). The van der Waals surface area contributed by atoms with Gasteiger partial charge in [-0.15, -0.1) is 4.40 Å². The fourth-order valence-electron chi connectivity index (χ4n) is 2.84. The highest BCUT2D eigenvalue weighted by Crippen LogP contribution is 2.24. The molecule has 0 heterocycles. The molecule has 2 aromatic rings. The van der Waals surface area contributed by atoms with Gasteiger partial charge in [0.15, 0.2) is 5.78 Å². The van der Waals surface area contributed by atoms with Crippen molar-refractivity contribution in [1.82, 2.24) is 0 Å². The number of rotatable bonds is 10. The summed E-state index contributed by atoms with van der Waals surface area (Å²) in [6.45, 7) is 5.85. The average molecular weight is 506 g/mol. The SMILES string of the molecule is CCCCC(=O)/C(Br)=C(Cc1ccccc1)\C(=N/S(=O)(=O)c1ccc(C)cc1)OCC. The third kappa shape index (κ3) is 7.43. The zero-order valence-corrected chi connectivity index (χ0v) is 20.5. The Morgan fingerprint density at radius 3 is 2.26 bits per heavy atom. The average Bonchev–Trinajstić information content (AvgIpc) is 2.76. The lowest BCUT2D eigenvalue weighted by Gasteiger charge is -2.14. The van der Waals surface area contributed by atoms with Gasteiger partial charge >= 0.3 is 0 Å². The number of benzene rings is 2. The number of ether oxygens (including phenoxy) is 1. The number of ketones is 1. The number of hydrogen-bond acceptors (Lipinski definition) is 4. The molecule has 0 saturated heterocycles. The summed E-state index contributed by atoms with van der Waals surface area (Å²) in [6, 6.07) is 16.0. The number of halogens is 1. The van der Waals surface area contributed by atoms with Gasteiger partial charge < -0.3 is 4.74 Å². The van der Waals surface area contributed by atoms with Gasteiger partial charge in [0.1, 0.15) is 0 Å². The molecule has 0 bridgehead atoms. The minimum absolute atomic E-state index is 0.0661. The highest BCUT2D eigenvalue weighted by Gasteiger charge is 2.23. The quantitative estimate of drug-likeness (QED) is 0.233. The second-order valence-electron chi connectivity index (χ2n) is 7.10. The monoisotopic (exact) mass is 505 g/mol. The molecule has 166 valence electrons. The molecule has 0 aliphatic heterocycles. The fraction of sp³-hybridized carbons (Fsp3) is 0.333. The zero-order valence-electron chi connectivity index (χ0n) is 18.1. The molecule has 0 aliphatic rings. The number of hydrogen-bond donors (Lipinski definition) is 0. The number of sulfonamides is 1. The minimum atomic E-state index is -4.02. The number of carbonyl (C=O) groups excluding carboxylic acids is 1. The largest absolute Gasteiger partial charge is 0.477 e. The maximum Gasteiger partial charge on any atom is 0.285 e. The predicted molar refractivity (Wildman–Crippen MR) is 128 cm³/mol. The molecular weight excluding hydrogens is 478 g/mol. The van der Waals surface area contributed by atoms with Crippen molar-refractivity contribution in [2.24, 2.45) is 4.40 Å². The van der Waals surface area contributed by atoms with E-state index < -0.39 is 10.0 Å². The van der Waals surface area contributed by atoms with E-state index in [4.69, 9.17) is 4.74 Å². The first-order chi connectivity index (χ1) is 14.8. The minimum Gasteiger partial charge on any atom is -0.477 e. The highest BCUT2D eigenvalue weighted by molar-refractivity contribution is 9.12. The normalized spacial score (nSPS) is 13.0. The Hall–Kier alpha value is -2.25. The van der Waals surface area contributed by atoms with Crippen LogP contribution in [0.4, 0.5) is 0 Å². The Balaban J connectivity index is 2.58. The Morgan fingerprint density at radius 2 is 1.68 bits per heavy atom. The summed E-state index contributed by atoms with van der Waals surface area (Å²) in [5, 5.41) is 0. The third-order valence-electron chi connectivity index (χ3n) is 4.55. The lowest BCUT2D eigenvalue weighted by atomic mass is 10.0. The van der Waals surface area contributed by atoms with Gasteiger partial charge in [-0.2, -0.15) is 8.42 Å². The molecule has 5 nitrogen and oxygen atoms in total. The second kappa shape index (κ2) is 12.0. The van der Waals surface area contributed by atoms with Crippen LogP contribution in [0.5, 0.6) is 0 Å². The molecular formula is C24H28BrNO4S. The first-order valence-electron chi connectivity index (χ1n) is 10.3. The molecule has 2 aromatic carbocycles. The van der Waals surface area contributed by atoms with Crippen LogP contribution >= 0.6 is 15.9 Å². The van der Waals surface area contributed by atoms with Crippen LogP contribution in [0.1, 0.15) is 44.2 Å². The molecule has 31 heavy (non-hydrogen) atoms. The smallest absolute Gasteiger partial charge is 0.285 e. The van der Waals surface area contributed by atoms with Gasteiger partial charge in [0, 0.05) is 18.4 Å². The van der Waals surface area contributed by atoms with Crippen LogP contribution in [0.15, 0.2) is 73.9 Å². The molecule has 0 aromatic heterocycles. The van der Waals surface area contributed by atoms with Gasteiger partial charge in [0.05, 0.1) is 16.0 Å². The molecule has 0 unspecified atom stereocenters. The summed E-state index contributed by atoms with van der Waals surface area (Å²) in [5.41, 5.74) is 2.28. The Morgan fingerprint density at radius 1 is 1.03 bits per heavy atom. The van der Waals surface area contributed by atoms with Gasteiger partial charge in [-0.05, 0) is 53.9 Å². The van der Waals surface area contributed by atoms with E-state index >= 15 is 0 Å². The van der Waals surface area contributed by atoms with Crippen LogP contribution in [0.2, 0.25) is 0 Å². The number of nitrogens with zero attached hydrogens (tertiary/aromatic N) is 1. The van der Waals surface area contributed by atoms with Crippen molar-refractivity contribution in [2.75, 3.05) is 6.61 Å². The van der Waals surface area contributed by atoms with Crippen LogP contribution in [-0.4, -0.2) is 26.7 Å². The molecule has 0 radical (unpaired) electrons. The van der Waals surface area contributed by atoms with Gasteiger partial charge in [-0.25, -0.2) is 0 Å². The summed E-state index contributed by atoms with van der Waals surface area (Å²) in [6.07, 6.45) is 2.30. The second-order valence-corrected chi connectivity index (χ2v) is 9.50. The van der Waals surface area contributed by atoms with Crippen molar-refractivity contribution < 1.29 is 17.9 Å². The highest BCUT2D eigenvalue weighted by atomic mass is 79.9. The van der Waals surface area contributed by atoms with Crippen LogP contribution in [-0.2, 0) is 26.0 Å². The molecule has 0 spiro atoms. The zero-order chi connectivity index (χ0) is 22.9. The molecule has 0 saturated carbocycles. The fourth-order valence-corrected chi connectivity index (χ4v) is 4.31. The predicted octanol–water partition coefficient (Wildman–Crippen LogP) is 5.77. The standard InChI is InChI=1S/C24H28BrNO4S/c1-4-6-12-22(27)23(25)21(17-19-10-8-7-9-11-19)24(30-5-2)26-31(28,29)20-15-13-18(3)14-16-20/h7-11,13-16H,4-6,12,17H2,1-3H3/b23-21+,26-24+. The number of aryl methyl sites for hydroxylation is 1. The Kier molecular flexibility index (Phi) is 9.65. The van der Waals surface area contributed by atoms with Crippen molar-refractivity contribution in [2.45, 2.75) is 51.3 Å². The number of allylic oxidation sites excluding steroid dienone is 1. The van der Waals surface area contributed by atoms with Gasteiger partial charge in [0.2, 0.25) is 5.90 Å². The Bertz CT molecular complexity index is 1040. The van der Waals surface area contributed by atoms with E-state index in [1.807, 2.05) is 44.2 Å². The summed E-state index contributed by atoms with van der Waals surface area (Å²) >= 11 is 3.42. The molecule has 0 aliphatic carbocycles. The van der Waals surface area contributed by atoms with Crippen molar-refractivity contribution in [3.8, 4) is 0 Å². The first-order valence-corrected chi connectivity index (χ1v) is 12.5. The first kappa shape index (κ1) is 25.0. The maximum absolute atomic E-state index is 13.0. The van der Waals surface area contributed by atoms with Gasteiger partial charge in [0.25, 0.3) is 10.0 Å². The van der Waals surface area contributed by atoms with Crippen LogP contribution in [0, 0.1) is 6.92 Å². The van der Waals surface area contributed by atoms with Crippen molar-refractivity contribution >= 4 is 37.6 Å². The lowest BCUT2D eigenvalue weighted by Crippen LogP contribution is -2.17. The molecule has 0 amide bonds. The Labute approximate surface area is 193 Å². The van der Waals surface area contributed by atoms with Crippen LogP contribution in [0.25, 0.3) is 0 Å². The van der Waals surface area contributed by atoms with E-state index in [1.165, 1.54) is 12.1 Å². The third-order valence-corrected chi connectivity index (χ3v) is 6.75. The number of carbonyl (C=O) groups is 1. The van der Waals surface area contributed by atoms with E-state index in [9.17, 15) is 13.2 Å². The molecule has 0 fully saturated rings. The summed E-state index contributed by atoms with van der Waals surface area (Å²) in [4.78, 5) is 12.8. The van der Waals surface area contributed by atoms with Crippen LogP contribution < -0.4 is 0 Å². The van der Waals surface area contributed by atoms with Crippen LogP contribution in [0.3, 0.4) is 0 Å². The van der Waals surface area contributed by atoms with Gasteiger partial charge in [-0.1, -0.05) is 61.4 Å². The van der Waals surface area contributed by atoms with E-state index in [-0.39, 0.29) is 23.2 Å². The van der Waals surface area contributed by atoms with Crippen molar-refractivity contribution in [1.29, 1.82) is 0 Å². The van der Waals surface area contributed by atoms with Crippen molar-refractivity contribution in [3.63, 3.8) is 0 Å². The molecule has 0 atom stereocenters. The topological polar surface area (TPSA) is 72.8 Å². The van der Waals surface area contributed by atoms with Crippen molar-refractivity contribution in [3.05, 3.63) is 75.8 Å². The number of Topliss-reactive ketones (excluding diaryl/α,β-unsaturated/α-hetero) is 1. The van der Waals surface area contributed by atoms with E-state index in [0.717, 1.165) is 24.0 Å². The van der Waals surface area contributed by atoms with E-state index in [1.54, 1.807) is 19.1 Å².